The molecular weight excluding hydrogens is 305 g/mol. The highest BCUT2D eigenvalue weighted by atomic mass is 35.5. The smallest absolute Gasteiger partial charge is 0.137 e. The number of likely N-dealkylation sites (N-methyl/N-ethyl adjacent to an activating group) is 1. The van der Waals surface area contributed by atoms with Crippen LogP contribution in [0.4, 0.5) is 0 Å². The minimum Gasteiger partial charge on any atom is -1.00 e. The van der Waals surface area contributed by atoms with Crippen molar-refractivity contribution in [1.82, 2.24) is 0 Å². The maximum Gasteiger partial charge on any atom is 0.137 e. The van der Waals surface area contributed by atoms with Gasteiger partial charge in [-0.3, -0.25) is 0 Å². The molecule has 21 heavy (non-hydrogen) atoms. The molecule has 0 aliphatic heterocycles. The third kappa shape index (κ3) is 6.38. The molecule has 0 N–H and O–H groups in total. The Morgan fingerprint density at radius 2 is 1.57 bits per heavy atom. The summed E-state index contributed by atoms with van der Waals surface area (Å²) in [6, 6.07) is 18.0. The standard InChI is InChI=1S/C17H21ClNO.ClH/c1-19(2,14-15-8-10-16(18)11-9-15)12-13-20-17-6-4-3-5-7-17;/h3-11H,12-14H2,1-2H3;1H/q+1;/p-1. The van der Waals surface area contributed by atoms with Gasteiger partial charge in [0, 0.05) is 10.6 Å². The maximum atomic E-state index is 5.91. The first-order chi connectivity index (χ1) is 9.55. The first-order valence-corrected chi connectivity index (χ1v) is 7.17. The summed E-state index contributed by atoms with van der Waals surface area (Å²) in [4.78, 5) is 0. The number of quaternary nitrogens is 1. The van der Waals surface area contributed by atoms with E-state index in [1.165, 1.54) is 5.56 Å². The quantitative estimate of drug-likeness (QED) is 0.720. The summed E-state index contributed by atoms with van der Waals surface area (Å²) in [6.45, 7) is 2.64. The number of halogens is 2. The minimum atomic E-state index is 0. The molecule has 0 fully saturated rings. The van der Waals surface area contributed by atoms with E-state index in [4.69, 9.17) is 16.3 Å². The van der Waals surface area contributed by atoms with Gasteiger partial charge in [0.25, 0.3) is 0 Å². The molecule has 0 aliphatic rings. The highest BCUT2D eigenvalue weighted by Gasteiger charge is 2.15. The molecule has 0 saturated heterocycles. The number of ether oxygens (including phenoxy) is 1. The van der Waals surface area contributed by atoms with Crippen LogP contribution in [0.15, 0.2) is 54.6 Å². The summed E-state index contributed by atoms with van der Waals surface area (Å²) < 4.78 is 6.65. The molecule has 0 heterocycles. The normalized spacial score (nSPS) is 10.8. The van der Waals surface area contributed by atoms with Gasteiger partial charge in [-0.25, -0.2) is 0 Å². The first-order valence-electron chi connectivity index (χ1n) is 6.79. The third-order valence-corrected chi connectivity index (χ3v) is 3.48. The van der Waals surface area contributed by atoms with Crippen molar-refractivity contribution in [2.24, 2.45) is 0 Å². The number of para-hydroxylation sites is 1. The fourth-order valence-corrected chi connectivity index (χ4v) is 2.22. The molecule has 0 spiro atoms. The number of rotatable bonds is 6. The molecule has 0 radical (unpaired) electrons. The Kier molecular flexibility index (Phi) is 7.03. The SMILES string of the molecule is C[N+](C)(CCOc1ccccc1)Cc1ccc(Cl)cc1.[Cl-]. The van der Waals surface area contributed by atoms with Crippen molar-refractivity contribution in [2.45, 2.75) is 6.54 Å². The zero-order valence-electron chi connectivity index (χ0n) is 12.4. The predicted octanol–water partition coefficient (Wildman–Crippen LogP) is 0.999. The van der Waals surface area contributed by atoms with E-state index in [1.807, 2.05) is 42.5 Å². The van der Waals surface area contributed by atoms with Crippen LogP contribution in [0, 0.1) is 0 Å². The van der Waals surface area contributed by atoms with Crippen LogP contribution < -0.4 is 17.1 Å². The molecule has 0 unspecified atom stereocenters. The van der Waals surface area contributed by atoms with Gasteiger partial charge in [-0.1, -0.05) is 41.9 Å². The lowest BCUT2D eigenvalue weighted by molar-refractivity contribution is -0.903. The molecular formula is C17H21Cl2NO. The van der Waals surface area contributed by atoms with Gasteiger partial charge in [0.15, 0.2) is 0 Å². The molecule has 0 amide bonds. The number of hydrogen-bond acceptors (Lipinski definition) is 1. The van der Waals surface area contributed by atoms with Crippen LogP contribution in [0.25, 0.3) is 0 Å². The minimum absolute atomic E-state index is 0. The van der Waals surface area contributed by atoms with Gasteiger partial charge in [-0.2, -0.15) is 0 Å². The van der Waals surface area contributed by atoms with Crippen LogP contribution in [0.1, 0.15) is 5.56 Å². The van der Waals surface area contributed by atoms with E-state index in [2.05, 4.69) is 26.2 Å². The van der Waals surface area contributed by atoms with E-state index < -0.39 is 0 Å². The summed E-state index contributed by atoms with van der Waals surface area (Å²) in [7, 11) is 4.42. The number of nitrogens with zero attached hydrogens (tertiary/aromatic N) is 1. The van der Waals surface area contributed by atoms with E-state index in [9.17, 15) is 0 Å². The molecule has 2 nitrogen and oxygen atoms in total. The largest absolute Gasteiger partial charge is 1.00 e. The summed E-state index contributed by atoms with van der Waals surface area (Å²) >= 11 is 5.91. The van der Waals surface area contributed by atoms with E-state index in [1.54, 1.807) is 0 Å². The first kappa shape index (κ1) is 17.8. The summed E-state index contributed by atoms with van der Waals surface area (Å²) in [5.74, 6) is 0.930. The second kappa shape index (κ2) is 8.28. The molecule has 0 aromatic heterocycles. The van der Waals surface area contributed by atoms with Gasteiger partial charge in [0.1, 0.15) is 25.4 Å². The lowest BCUT2D eigenvalue weighted by Crippen LogP contribution is -3.00. The molecule has 0 bridgehead atoms. The molecule has 114 valence electrons. The van der Waals surface area contributed by atoms with Crippen LogP contribution in [-0.4, -0.2) is 31.7 Å². The molecule has 0 aliphatic carbocycles. The topological polar surface area (TPSA) is 9.23 Å². The summed E-state index contributed by atoms with van der Waals surface area (Å²) in [5.41, 5.74) is 1.29. The van der Waals surface area contributed by atoms with Gasteiger partial charge < -0.3 is 21.6 Å². The highest BCUT2D eigenvalue weighted by Crippen LogP contribution is 2.14. The van der Waals surface area contributed by atoms with Crippen LogP contribution in [-0.2, 0) is 6.54 Å². The average Bonchev–Trinajstić information content (AvgIpc) is 2.42. The molecule has 0 saturated carbocycles. The van der Waals surface area contributed by atoms with Crippen molar-refractivity contribution < 1.29 is 21.6 Å². The Balaban J connectivity index is 0.00000220. The van der Waals surface area contributed by atoms with Crippen molar-refractivity contribution in [3.8, 4) is 5.75 Å². The monoisotopic (exact) mass is 325 g/mol. The maximum absolute atomic E-state index is 5.91. The Morgan fingerprint density at radius 3 is 2.19 bits per heavy atom. The molecule has 4 heteroatoms. The van der Waals surface area contributed by atoms with Gasteiger partial charge in [-0.05, 0) is 24.3 Å². The van der Waals surface area contributed by atoms with Crippen molar-refractivity contribution in [3.63, 3.8) is 0 Å². The number of benzene rings is 2. The second-order valence-corrected chi connectivity index (χ2v) is 6.04. The lowest BCUT2D eigenvalue weighted by atomic mass is 10.2. The molecule has 2 aromatic rings. The molecule has 2 rings (SSSR count). The second-order valence-electron chi connectivity index (χ2n) is 5.61. The predicted molar refractivity (Wildman–Crippen MR) is 84.1 cm³/mol. The lowest BCUT2D eigenvalue weighted by Gasteiger charge is -2.29. The number of hydrogen-bond donors (Lipinski definition) is 0. The van der Waals surface area contributed by atoms with Crippen molar-refractivity contribution in [2.75, 3.05) is 27.2 Å². The van der Waals surface area contributed by atoms with E-state index in [0.717, 1.165) is 28.3 Å². The van der Waals surface area contributed by atoms with Crippen LogP contribution in [0.3, 0.4) is 0 Å². The van der Waals surface area contributed by atoms with E-state index >= 15 is 0 Å². The fourth-order valence-electron chi connectivity index (χ4n) is 2.09. The highest BCUT2D eigenvalue weighted by molar-refractivity contribution is 6.30. The average molecular weight is 326 g/mol. The molecule has 2 aromatic carbocycles. The fraction of sp³-hybridized carbons (Fsp3) is 0.294. The Hall–Kier alpha value is -1.22. The van der Waals surface area contributed by atoms with Gasteiger partial charge in [0.2, 0.25) is 0 Å². The van der Waals surface area contributed by atoms with E-state index in [0.29, 0.717) is 6.61 Å². The Morgan fingerprint density at radius 1 is 0.952 bits per heavy atom. The van der Waals surface area contributed by atoms with Crippen molar-refractivity contribution in [3.05, 3.63) is 65.2 Å². The summed E-state index contributed by atoms with van der Waals surface area (Å²) in [5, 5.41) is 0.784. The van der Waals surface area contributed by atoms with Gasteiger partial charge in [0.05, 0.1) is 14.1 Å². The Labute approximate surface area is 138 Å². The van der Waals surface area contributed by atoms with Gasteiger partial charge in [-0.15, -0.1) is 0 Å². The van der Waals surface area contributed by atoms with Crippen LogP contribution in [0.2, 0.25) is 5.02 Å². The van der Waals surface area contributed by atoms with Crippen molar-refractivity contribution >= 4 is 11.6 Å². The zero-order chi connectivity index (χ0) is 14.4. The van der Waals surface area contributed by atoms with Gasteiger partial charge >= 0.3 is 0 Å². The van der Waals surface area contributed by atoms with E-state index in [-0.39, 0.29) is 12.4 Å². The van der Waals surface area contributed by atoms with Crippen LogP contribution >= 0.6 is 11.6 Å². The Bertz CT molecular complexity index is 526. The van der Waals surface area contributed by atoms with Crippen molar-refractivity contribution in [1.29, 1.82) is 0 Å². The third-order valence-electron chi connectivity index (χ3n) is 3.23. The van der Waals surface area contributed by atoms with Crippen LogP contribution in [0.5, 0.6) is 5.75 Å². The summed E-state index contributed by atoms with van der Waals surface area (Å²) in [6.07, 6.45) is 0. The zero-order valence-corrected chi connectivity index (χ0v) is 13.9. The molecule has 0 atom stereocenters.